The first-order valence-corrected chi connectivity index (χ1v) is 8.97. The van der Waals surface area contributed by atoms with Crippen molar-refractivity contribution in [2.24, 2.45) is 5.92 Å². The number of hydrogen-bond acceptors (Lipinski definition) is 5. The van der Waals surface area contributed by atoms with Gasteiger partial charge in [-0.05, 0) is 37.6 Å². The SMILES string of the molecule is Cc1c(CC(=O)N[C@@H](C)C2NCC(C#N)C[N+]2=O)c(=O)[nH]c2cc(F)ccc12. The van der Waals surface area contributed by atoms with Crippen molar-refractivity contribution in [3.05, 3.63) is 50.4 Å². The summed E-state index contributed by atoms with van der Waals surface area (Å²) in [6.07, 6.45) is -0.807. The molecule has 1 aromatic heterocycles. The minimum atomic E-state index is -0.646. The zero-order valence-electron chi connectivity index (χ0n) is 15.6. The zero-order chi connectivity index (χ0) is 20.4. The number of fused-ring (bicyclic) bond motifs is 1. The fourth-order valence-electron chi connectivity index (χ4n) is 3.51. The second-order valence-electron chi connectivity index (χ2n) is 7.06. The van der Waals surface area contributed by atoms with Crippen LogP contribution < -0.4 is 16.2 Å². The highest BCUT2D eigenvalue weighted by Crippen LogP contribution is 2.19. The average Bonchev–Trinajstić information content (AvgIpc) is 2.64. The van der Waals surface area contributed by atoms with Crippen LogP contribution in [0.1, 0.15) is 18.1 Å². The summed E-state index contributed by atoms with van der Waals surface area (Å²) in [6.45, 7) is 3.85. The maximum atomic E-state index is 13.4. The van der Waals surface area contributed by atoms with Crippen LogP contribution in [0.4, 0.5) is 4.39 Å². The topological polar surface area (TPSA) is 118 Å². The molecule has 3 atom stereocenters. The molecule has 2 heterocycles. The summed E-state index contributed by atoms with van der Waals surface area (Å²) in [6, 6.07) is 5.63. The van der Waals surface area contributed by atoms with E-state index >= 15 is 0 Å². The predicted octanol–water partition coefficient (Wildman–Crippen LogP) is 0.871. The normalized spacial score (nSPS) is 20.6. The molecule has 2 aromatic rings. The van der Waals surface area contributed by atoms with Crippen LogP contribution >= 0.6 is 0 Å². The molecule has 1 aliphatic rings. The second kappa shape index (κ2) is 7.86. The summed E-state index contributed by atoms with van der Waals surface area (Å²) in [4.78, 5) is 39.5. The van der Waals surface area contributed by atoms with E-state index in [2.05, 4.69) is 15.6 Å². The number of hydrogen-bond donors (Lipinski definition) is 3. The van der Waals surface area contributed by atoms with E-state index in [1.54, 1.807) is 19.9 Å². The van der Waals surface area contributed by atoms with Crippen molar-refractivity contribution in [1.82, 2.24) is 15.6 Å². The monoisotopic (exact) mass is 386 g/mol. The number of aromatic amines is 1. The number of aromatic nitrogens is 1. The van der Waals surface area contributed by atoms with Gasteiger partial charge in [0.15, 0.2) is 0 Å². The number of amides is 1. The van der Waals surface area contributed by atoms with Gasteiger partial charge >= 0.3 is 0 Å². The maximum absolute atomic E-state index is 13.4. The third-order valence-corrected chi connectivity index (χ3v) is 5.03. The molecule has 1 aliphatic heterocycles. The van der Waals surface area contributed by atoms with E-state index in [0.717, 1.165) is 4.76 Å². The molecule has 1 amide bonds. The molecule has 146 valence electrons. The fraction of sp³-hybridized carbons (Fsp3) is 0.421. The van der Waals surface area contributed by atoms with Crippen molar-refractivity contribution in [2.75, 3.05) is 13.1 Å². The third-order valence-electron chi connectivity index (χ3n) is 5.03. The lowest BCUT2D eigenvalue weighted by atomic mass is 10.0. The Hall–Kier alpha value is -3.12. The lowest BCUT2D eigenvalue weighted by molar-refractivity contribution is -0.608. The van der Waals surface area contributed by atoms with Gasteiger partial charge in [0.05, 0.1) is 18.0 Å². The highest BCUT2D eigenvalue weighted by atomic mass is 19.1. The molecule has 28 heavy (non-hydrogen) atoms. The summed E-state index contributed by atoms with van der Waals surface area (Å²) in [5, 5.41) is 15.3. The van der Waals surface area contributed by atoms with Crippen LogP contribution in [-0.2, 0) is 11.2 Å². The Kier molecular flexibility index (Phi) is 5.51. The van der Waals surface area contributed by atoms with Gasteiger partial charge in [0, 0.05) is 27.2 Å². The number of carbonyl (C=O) groups is 1. The number of nitrogens with one attached hydrogen (secondary N) is 3. The van der Waals surface area contributed by atoms with E-state index in [1.807, 2.05) is 6.07 Å². The fourth-order valence-corrected chi connectivity index (χ4v) is 3.51. The maximum Gasteiger partial charge on any atom is 0.274 e. The van der Waals surface area contributed by atoms with Crippen LogP contribution in [0.25, 0.3) is 10.9 Å². The van der Waals surface area contributed by atoms with Gasteiger partial charge in [0.25, 0.3) is 11.7 Å². The molecule has 1 fully saturated rings. The largest absolute Gasteiger partial charge is 0.345 e. The average molecular weight is 386 g/mol. The number of nitriles is 1. The Balaban J connectivity index is 1.73. The highest BCUT2D eigenvalue weighted by molar-refractivity contribution is 5.85. The summed E-state index contributed by atoms with van der Waals surface area (Å²) in [5.41, 5.74) is 0.834. The molecule has 8 nitrogen and oxygen atoms in total. The van der Waals surface area contributed by atoms with Crippen molar-refractivity contribution in [3.63, 3.8) is 0 Å². The van der Waals surface area contributed by atoms with E-state index in [9.17, 15) is 18.9 Å². The van der Waals surface area contributed by atoms with Gasteiger partial charge < -0.3 is 10.3 Å². The number of benzene rings is 1. The number of H-pyrrole nitrogens is 1. The van der Waals surface area contributed by atoms with Gasteiger partial charge in [-0.3, -0.25) is 14.9 Å². The molecule has 9 heteroatoms. The lowest BCUT2D eigenvalue weighted by Gasteiger charge is -2.24. The van der Waals surface area contributed by atoms with Gasteiger partial charge in [-0.25, -0.2) is 4.39 Å². The number of pyridine rings is 1. The molecule has 1 saturated heterocycles. The standard InChI is InChI=1S/C19H20FN5O3/c1-10-14-4-3-13(20)5-16(14)24-19(27)15(10)6-17(26)23-11(2)18-22-8-12(7-21)9-25(18)28/h3-5,11-12,18,22H,6,8-9H2,1-2H3,(H-,23,24,26,27)/p+1/t11-,12?,18?/m0/s1. The van der Waals surface area contributed by atoms with Crippen molar-refractivity contribution < 1.29 is 13.9 Å². The Morgan fingerprint density at radius 1 is 1.50 bits per heavy atom. The van der Waals surface area contributed by atoms with E-state index in [-0.39, 0.29) is 18.9 Å². The summed E-state index contributed by atoms with van der Waals surface area (Å²) in [7, 11) is 0. The molecule has 0 saturated carbocycles. The number of carbonyl (C=O) groups excluding carboxylic acids is 1. The summed E-state index contributed by atoms with van der Waals surface area (Å²) < 4.78 is 14.1. The minimum Gasteiger partial charge on any atom is -0.345 e. The highest BCUT2D eigenvalue weighted by Gasteiger charge is 2.39. The van der Waals surface area contributed by atoms with Crippen LogP contribution in [0.3, 0.4) is 0 Å². The number of nitrogens with zero attached hydrogens (tertiary/aromatic N) is 2. The Morgan fingerprint density at radius 3 is 2.93 bits per heavy atom. The Morgan fingerprint density at radius 2 is 2.25 bits per heavy atom. The molecular weight excluding hydrogens is 365 g/mol. The Labute approximate surface area is 160 Å². The minimum absolute atomic E-state index is 0.0778. The number of halogens is 1. The van der Waals surface area contributed by atoms with Crippen molar-refractivity contribution in [1.29, 1.82) is 5.26 Å². The van der Waals surface area contributed by atoms with E-state index < -0.39 is 29.5 Å². The first kappa shape index (κ1) is 19.6. The van der Waals surface area contributed by atoms with Crippen LogP contribution in [-0.4, -0.2) is 40.9 Å². The van der Waals surface area contributed by atoms with Crippen LogP contribution in [0.5, 0.6) is 0 Å². The van der Waals surface area contributed by atoms with Gasteiger partial charge in [-0.1, -0.05) is 0 Å². The van der Waals surface area contributed by atoms with E-state index in [0.29, 0.717) is 28.6 Å². The first-order chi connectivity index (χ1) is 13.3. The molecule has 3 rings (SSSR count). The van der Waals surface area contributed by atoms with Crippen molar-refractivity contribution in [3.8, 4) is 6.07 Å². The van der Waals surface area contributed by atoms with Gasteiger partial charge in [0.1, 0.15) is 17.8 Å². The molecule has 2 unspecified atom stereocenters. The first-order valence-electron chi connectivity index (χ1n) is 8.97. The molecule has 0 spiro atoms. The Bertz CT molecular complexity index is 1040. The van der Waals surface area contributed by atoms with Crippen molar-refractivity contribution >= 4 is 16.8 Å². The molecular formula is C19H21FN5O3+. The predicted molar refractivity (Wildman–Crippen MR) is 100.0 cm³/mol. The lowest BCUT2D eigenvalue weighted by Crippen LogP contribution is -2.59. The number of aryl methyl sites for hydroxylation is 1. The molecule has 0 radical (unpaired) electrons. The molecule has 0 aliphatic carbocycles. The van der Waals surface area contributed by atoms with Crippen LogP contribution in [0.2, 0.25) is 0 Å². The van der Waals surface area contributed by atoms with E-state index in [4.69, 9.17) is 5.26 Å². The van der Waals surface area contributed by atoms with Gasteiger partial charge in [-0.15, -0.1) is 0 Å². The molecule has 0 bridgehead atoms. The quantitative estimate of drug-likeness (QED) is 0.674. The smallest absolute Gasteiger partial charge is 0.274 e. The van der Waals surface area contributed by atoms with E-state index in [1.165, 1.54) is 12.1 Å². The summed E-state index contributed by atoms with van der Waals surface area (Å²) in [5.74, 6) is -1.25. The van der Waals surface area contributed by atoms with Crippen LogP contribution in [0.15, 0.2) is 23.0 Å². The second-order valence-corrected chi connectivity index (χ2v) is 7.06. The number of rotatable bonds is 4. The molecule has 3 N–H and O–H groups in total. The molecule has 1 aromatic carbocycles. The third kappa shape index (κ3) is 3.92. The van der Waals surface area contributed by atoms with Gasteiger partial charge in [0.2, 0.25) is 12.5 Å². The zero-order valence-corrected chi connectivity index (χ0v) is 15.6. The summed E-state index contributed by atoms with van der Waals surface area (Å²) >= 11 is 0. The van der Waals surface area contributed by atoms with Crippen molar-refractivity contribution in [2.45, 2.75) is 32.5 Å². The number of nitroso groups, excluding NO2 is 1. The van der Waals surface area contributed by atoms with Gasteiger partial charge in [-0.2, -0.15) is 5.26 Å². The van der Waals surface area contributed by atoms with Crippen LogP contribution in [0, 0.1) is 34.9 Å².